The number of rotatable bonds is 3. The molecule has 0 aliphatic rings. The van der Waals surface area contributed by atoms with Gasteiger partial charge in [0.25, 0.3) is 0 Å². The molecule has 0 aliphatic carbocycles. The highest BCUT2D eigenvalue weighted by Gasteiger charge is 2.10. The van der Waals surface area contributed by atoms with Gasteiger partial charge in [0.05, 0.1) is 23.6 Å². The van der Waals surface area contributed by atoms with Gasteiger partial charge in [-0.25, -0.2) is 0 Å². The molecule has 3 nitrogen and oxygen atoms in total. The SMILES string of the molecule is CC(Nc1c(Br)cccc1Br)c1cnccn1. The fourth-order valence-electron chi connectivity index (χ4n) is 1.46. The van der Waals surface area contributed by atoms with E-state index in [1.165, 1.54) is 0 Å². The van der Waals surface area contributed by atoms with Crippen molar-refractivity contribution in [1.29, 1.82) is 0 Å². The van der Waals surface area contributed by atoms with Crippen LogP contribution in [-0.2, 0) is 0 Å². The molecule has 1 aromatic heterocycles. The second-order valence-electron chi connectivity index (χ2n) is 3.59. The molecule has 1 unspecified atom stereocenters. The van der Waals surface area contributed by atoms with Crippen molar-refractivity contribution < 1.29 is 0 Å². The maximum absolute atomic E-state index is 4.28. The van der Waals surface area contributed by atoms with E-state index >= 15 is 0 Å². The largest absolute Gasteiger partial charge is 0.375 e. The van der Waals surface area contributed by atoms with Crippen LogP contribution in [0.3, 0.4) is 0 Å². The molecule has 0 radical (unpaired) electrons. The molecule has 1 heterocycles. The highest BCUT2D eigenvalue weighted by molar-refractivity contribution is 9.11. The summed E-state index contributed by atoms with van der Waals surface area (Å²) in [6.07, 6.45) is 5.13. The summed E-state index contributed by atoms with van der Waals surface area (Å²) in [5.74, 6) is 0. The Morgan fingerprint density at radius 3 is 2.47 bits per heavy atom. The van der Waals surface area contributed by atoms with Crippen LogP contribution in [0.2, 0.25) is 0 Å². The van der Waals surface area contributed by atoms with Crippen LogP contribution in [-0.4, -0.2) is 9.97 Å². The minimum absolute atomic E-state index is 0.0960. The van der Waals surface area contributed by atoms with Gasteiger partial charge in [-0.05, 0) is 50.9 Å². The van der Waals surface area contributed by atoms with E-state index in [9.17, 15) is 0 Å². The number of nitrogens with one attached hydrogen (secondary N) is 1. The molecule has 17 heavy (non-hydrogen) atoms. The first-order valence-electron chi connectivity index (χ1n) is 5.15. The predicted molar refractivity (Wildman–Crippen MR) is 75.9 cm³/mol. The molecule has 0 fully saturated rings. The molecule has 0 amide bonds. The number of aromatic nitrogens is 2. The first-order chi connectivity index (χ1) is 8.18. The zero-order valence-corrected chi connectivity index (χ0v) is 12.4. The normalized spacial score (nSPS) is 12.2. The van der Waals surface area contributed by atoms with Crippen molar-refractivity contribution in [3.05, 3.63) is 51.4 Å². The molecule has 1 N–H and O–H groups in total. The number of halogens is 2. The maximum atomic E-state index is 4.28. The van der Waals surface area contributed by atoms with Gasteiger partial charge in [-0.3, -0.25) is 9.97 Å². The molecule has 0 saturated carbocycles. The van der Waals surface area contributed by atoms with Crippen LogP contribution >= 0.6 is 31.9 Å². The Hall–Kier alpha value is -0.940. The third-order valence-corrected chi connectivity index (χ3v) is 3.67. The second kappa shape index (κ2) is 5.60. The predicted octanol–water partition coefficient (Wildman–Crippen LogP) is 4.17. The third kappa shape index (κ3) is 3.04. The first-order valence-corrected chi connectivity index (χ1v) is 6.73. The second-order valence-corrected chi connectivity index (χ2v) is 5.30. The van der Waals surface area contributed by atoms with Crippen molar-refractivity contribution in [3.63, 3.8) is 0 Å². The lowest BCUT2D eigenvalue weighted by molar-refractivity contribution is 0.826. The lowest BCUT2D eigenvalue weighted by Gasteiger charge is -2.16. The highest BCUT2D eigenvalue weighted by atomic mass is 79.9. The van der Waals surface area contributed by atoms with Gasteiger partial charge in [0.1, 0.15) is 0 Å². The number of nitrogens with zero attached hydrogens (tertiary/aromatic N) is 2. The van der Waals surface area contributed by atoms with E-state index in [4.69, 9.17) is 0 Å². The Labute approximate surface area is 117 Å². The minimum Gasteiger partial charge on any atom is -0.375 e. The van der Waals surface area contributed by atoms with Crippen LogP contribution in [0.5, 0.6) is 0 Å². The zero-order valence-electron chi connectivity index (χ0n) is 9.19. The Morgan fingerprint density at radius 1 is 1.18 bits per heavy atom. The molecule has 88 valence electrons. The summed E-state index contributed by atoms with van der Waals surface area (Å²) in [6, 6.07) is 6.07. The van der Waals surface area contributed by atoms with Gasteiger partial charge in [0, 0.05) is 21.3 Å². The Bertz CT molecular complexity index is 482. The number of anilines is 1. The van der Waals surface area contributed by atoms with Crippen LogP contribution in [0.15, 0.2) is 45.7 Å². The Morgan fingerprint density at radius 2 is 1.88 bits per heavy atom. The average molecular weight is 357 g/mol. The monoisotopic (exact) mass is 355 g/mol. The number of para-hydroxylation sites is 1. The van der Waals surface area contributed by atoms with Crippen LogP contribution in [0.25, 0.3) is 0 Å². The lowest BCUT2D eigenvalue weighted by atomic mass is 10.2. The highest BCUT2D eigenvalue weighted by Crippen LogP contribution is 2.32. The molecule has 2 rings (SSSR count). The van der Waals surface area contributed by atoms with Crippen LogP contribution in [0, 0.1) is 0 Å². The van der Waals surface area contributed by atoms with Crippen molar-refractivity contribution >= 4 is 37.5 Å². The van der Waals surface area contributed by atoms with Crippen molar-refractivity contribution in [1.82, 2.24) is 9.97 Å². The number of hydrogen-bond acceptors (Lipinski definition) is 3. The fraction of sp³-hybridized carbons (Fsp3) is 0.167. The topological polar surface area (TPSA) is 37.8 Å². The number of benzene rings is 1. The van der Waals surface area contributed by atoms with Gasteiger partial charge < -0.3 is 5.32 Å². The van der Waals surface area contributed by atoms with E-state index in [0.717, 1.165) is 20.3 Å². The molecule has 0 bridgehead atoms. The first kappa shape index (κ1) is 12.5. The molecular formula is C12H11Br2N3. The van der Waals surface area contributed by atoms with Crippen LogP contribution < -0.4 is 5.32 Å². The smallest absolute Gasteiger partial charge is 0.0806 e. The van der Waals surface area contributed by atoms with E-state index in [1.54, 1.807) is 18.6 Å². The molecule has 5 heteroatoms. The van der Waals surface area contributed by atoms with Gasteiger partial charge in [-0.15, -0.1) is 0 Å². The van der Waals surface area contributed by atoms with Crippen LogP contribution in [0.1, 0.15) is 18.7 Å². The lowest BCUT2D eigenvalue weighted by Crippen LogP contribution is -2.09. The van der Waals surface area contributed by atoms with Gasteiger partial charge in [0.15, 0.2) is 0 Å². The molecular weight excluding hydrogens is 346 g/mol. The van der Waals surface area contributed by atoms with Crippen molar-refractivity contribution in [2.45, 2.75) is 13.0 Å². The summed E-state index contributed by atoms with van der Waals surface area (Å²) in [5, 5.41) is 3.40. The summed E-state index contributed by atoms with van der Waals surface area (Å²) in [7, 11) is 0. The van der Waals surface area contributed by atoms with Crippen molar-refractivity contribution in [3.8, 4) is 0 Å². The van der Waals surface area contributed by atoms with E-state index in [0.29, 0.717) is 0 Å². The standard InChI is InChI=1S/C12H11Br2N3/c1-8(11-7-15-5-6-16-11)17-12-9(13)3-2-4-10(12)14/h2-8,17H,1H3. The Kier molecular flexibility index (Phi) is 4.12. The molecule has 0 saturated heterocycles. The average Bonchev–Trinajstić information content (AvgIpc) is 2.35. The van der Waals surface area contributed by atoms with Gasteiger partial charge >= 0.3 is 0 Å². The van der Waals surface area contributed by atoms with E-state index in [-0.39, 0.29) is 6.04 Å². The summed E-state index contributed by atoms with van der Waals surface area (Å²) in [4.78, 5) is 8.34. The van der Waals surface area contributed by atoms with E-state index in [2.05, 4.69) is 54.1 Å². The van der Waals surface area contributed by atoms with Gasteiger partial charge in [-0.1, -0.05) is 6.07 Å². The van der Waals surface area contributed by atoms with Crippen molar-refractivity contribution in [2.24, 2.45) is 0 Å². The summed E-state index contributed by atoms with van der Waals surface area (Å²) < 4.78 is 2.03. The maximum Gasteiger partial charge on any atom is 0.0806 e. The fourth-order valence-corrected chi connectivity index (χ4v) is 2.69. The Balaban J connectivity index is 2.22. The minimum atomic E-state index is 0.0960. The quantitative estimate of drug-likeness (QED) is 0.896. The molecule has 1 atom stereocenters. The molecule has 2 aromatic rings. The summed E-state index contributed by atoms with van der Waals surface area (Å²) >= 11 is 7.04. The van der Waals surface area contributed by atoms with E-state index < -0.39 is 0 Å². The third-order valence-electron chi connectivity index (χ3n) is 2.35. The number of hydrogen-bond donors (Lipinski definition) is 1. The summed E-state index contributed by atoms with van der Waals surface area (Å²) in [6.45, 7) is 2.05. The summed E-state index contributed by atoms with van der Waals surface area (Å²) in [5.41, 5.74) is 1.93. The molecule has 0 aliphatic heterocycles. The van der Waals surface area contributed by atoms with Crippen molar-refractivity contribution in [2.75, 3.05) is 5.32 Å². The van der Waals surface area contributed by atoms with Gasteiger partial charge in [0.2, 0.25) is 0 Å². The zero-order chi connectivity index (χ0) is 12.3. The van der Waals surface area contributed by atoms with Crippen LogP contribution in [0.4, 0.5) is 5.69 Å². The molecule has 1 aromatic carbocycles. The van der Waals surface area contributed by atoms with Gasteiger partial charge in [-0.2, -0.15) is 0 Å². The van der Waals surface area contributed by atoms with E-state index in [1.807, 2.05) is 18.2 Å². The molecule has 0 spiro atoms.